The number of halogens is 2. The fourth-order valence-corrected chi connectivity index (χ4v) is 1.35. The van der Waals surface area contributed by atoms with E-state index in [0.29, 0.717) is 0 Å². The van der Waals surface area contributed by atoms with Gasteiger partial charge in [0.05, 0.1) is 6.54 Å². The second kappa shape index (κ2) is 4.00. The summed E-state index contributed by atoms with van der Waals surface area (Å²) in [7, 11) is 1.66. The van der Waals surface area contributed by atoms with Crippen LogP contribution in [0.25, 0.3) is 0 Å². The topological polar surface area (TPSA) is 32.3 Å². The Hall–Kier alpha value is -0.710. The Morgan fingerprint density at radius 3 is 2.46 bits per heavy atom. The first kappa shape index (κ1) is 10.4. The van der Waals surface area contributed by atoms with Crippen molar-refractivity contribution in [2.75, 3.05) is 26.7 Å². The van der Waals surface area contributed by atoms with Crippen LogP contribution in [-0.4, -0.2) is 43.4 Å². The summed E-state index contributed by atoms with van der Waals surface area (Å²) >= 11 is 0. The summed E-state index contributed by atoms with van der Waals surface area (Å²) in [4.78, 5) is 12.7. The van der Waals surface area contributed by atoms with Crippen LogP contribution in [0.5, 0.6) is 0 Å². The van der Waals surface area contributed by atoms with E-state index in [1.807, 2.05) is 0 Å². The number of alkyl halides is 2. The highest BCUT2D eigenvalue weighted by molar-refractivity contribution is 5.78. The maximum absolute atomic E-state index is 12.7. The van der Waals surface area contributed by atoms with Gasteiger partial charge in [-0.25, -0.2) is 8.78 Å². The number of likely N-dealkylation sites (tertiary alicyclic amines) is 1. The smallest absolute Gasteiger partial charge is 0.251 e. The molecule has 0 aliphatic carbocycles. The molecule has 1 fully saturated rings. The van der Waals surface area contributed by atoms with E-state index >= 15 is 0 Å². The molecular formula is C8H14F2N2O. The lowest BCUT2D eigenvalue weighted by atomic mass is 10.1. The molecular weight excluding hydrogens is 178 g/mol. The minimum absolute atomic E-state index is 0.0991. The number of amides is 1. The van der Waals surface area contributed by atoms with Crippen LogP contribution in [0, 0.1) is 0 Å². The first-order valence-corrected chi connectivity index (χ1v) is 4.35. The van der Waals surface area contributed by atoms with Gasteiger partial charge in [0.2, 0.25) is 5.91 Å². The third kappa shape index (κ3) is 2.91. The first-order valence-electron chi connectivity index (χ1n) is 4.35. The van der Waals surface area contributed by atoms with Gasteiger partial charge in [-0.3, -0.25) is 4.79 Å². The predicted molar refractivity (Wildman–Crippen MR) is 44.7 cm³/mol. The van der Waals surface area contributed by atoms with Gasteiger partial charge in [0, 0.05) is 25.9 Å². The zero-order valence-corrected chi connectivity index (χ0v) is 7.65. The molecule has 0 aromatic carbocycles. The van der Waals surface area contributed by atoms with Crippen LogP contribution in [0.15, 0.2) is 0 Å². The molecule has 0 radical (unpaired) electrons. The molecule has 0 spiro atoms. The van der Waals surface area contributed by atoms with Crippen molar-refractivity contribution in [2.45, 2.75) is 18.8 Å². The molecule has 0 saturated carbocycles. The van der Waals surface area contributed by atoms with Crippen molar-refractivity contribution in [1.82, 2.24) is 10.2 Å². The Labute approximate surface area is 76.1 Å². The summed E-state index contributed by atoms with van der Waals surface area (Å²) in [5.74, 6) is -2.67. The van der Waals surface area contributed by atoms with Gasteiger partial charge < -0.3 is 10.2 Å². The summed E-state index contributed by atoms with van der Waals surface area (Å²) in [6, 6.07) is 0. The molecule has 0 aromatic heterocycles. The molecule has 1 aliphatic rings. The summed E-state index contributed by atoms with van der Waals surface area (Å²) in [6.07, 6.45) is -0.412. The van der Waals surface area contributed by atoms with E-state index in [4.69, 9.17) is 0 Å². The largest absolute Gasteiger partial charge is 0.341 e. The highest BCUT2D eigenvalue weighted by Gasteiger charge is 2.35. The van der Waals surface area contributed by atoms with Crippen LogP contribution in [0.3, 0.4) is 0 Å². The number of nitrogens with zero attached hydrogens (tertiary/aromatic N) is 1. The van der Waals surface area contributed by atoms with Gasteiger partial charge in [-0.15, -0.1) is 0 Å². The number of piperidine rings is 1. The van der Waals surface area contributed by atoms with Gasteiger partial charge >= 0.3 is 0 Å². The Morgan fingerprint density at radius 1 is 1.46 bits per heavy atom. The molecule has 0 bridgehead atoms. The number of carbonyl (C=O) groups excluding carboxylic acids is 1. The maximum Gasteiger partial charge on any atom is 0.251 e. The predicted octanol–water partition coefficient (Wildman–Crippen LogP) is 0.463. The number of likely N-dealkylation sites (N-methyl/N-ethyl adjacent to an activating group) is 1. The maximum atomic E-state index is 12.7. The Kier molecular flexibility index (Phi) is 3.19. The quantitative estimate of drug-likeness (QED) is 0.689. The fourth-order valence-electron chi connectivity index (χ4n) is 1.35. The van der Waals surface area contributed by atoms with Crippen molar-refractivity contribution >= 4 is 5.91 Å². The molecule has 1 N–H and O–H groups in total. The third-order valence-corrected chi connectivity index (χ3v) is 2.18. The molecule has 0 atom stereocenters. The van der Waals surface area contributed by atoms with Gasteiger partial charge in [0.25, 0.3) is 5.92 Å². The van der Waals surface area contributed by atoms with Gasteiger partial charge in [-0.05, 0) is 7.05 Å². The lowest BCUT2D eigenvalue weighted by Gasteiger charge is -2.31. The van der Waals surface area contributed by atoms with E-state index in [1.54, 1.807) is 7.05 Å². The molecule has 1 heterocycles. The second-order valence-electron chi connectivity index (χ2n) is 3.27. The Balaban J connectivity index is 2.36. The number of hydrogen-bond acceptors (Lipinski definition) is 2. The van der Waals surface area contributed by atoms with Crippen molar-refractivity contribution in [3.63, 3.8) is 0 Å². The Bertz CT molecular complexity index is 187. The number of carbonyl (C=O) groups is 1. The van der Waals surface area contributed by atoms with Gasteiger partial charge in [-0.2, -0.15) is 0 Å². The monoisotopic (exact) mass is 192 g/mol. The zero-order valence-electron chi connectivity index (χ0n) is 7.65. The van der Waals surface area contributed by atoms with E-state index in [1.165, 1.54) is 4.90 Å². The molecule has 76 valence electrons. The van der Waals surface area contributed by atoms with Crippen molar-refractivity contribution < 1.29 is 13.6 Å². The Morgan fingerprint density at radius 2 is 2.00 bits per heavy atom. The van der Waals surface area contributed by atoms with Crippen molar-refractivity contribution in [2.24, 2.45) is 0 Å². The van der Waals surface area contributed by atoms with Crippen LogP contribution in [-0.2, 0) is 4.79 Å². The summed E-state index contributed by atoms with van der Waals surface area (Å²) in [5, 5.41) is 2.71. The number of hydrogen-bond donors (Lipinski definition) is 1. The molecule has 1 amide bonds. The molecule has 1 aliphatic heterocycles. The minimum Gasteiger partial charge on any atom is -0.341 e. The van der Waals surface area contributed by atoms with E-state index in [-0.39, 0.29) is 38.4 Å². The summed E-state index contributed by atoms with van der Waals surface area (Å²) in [5.41, 5.74) is 0. The van der Waals surface area contributed by atoms with Crippen molar-refractivity contribution in [1.29, 1.82) is 0 Å². The zero-order chi connectivity index (χ0) is 9.90. The van der Waals surface area contributed by atoms with Gasteiger partial charge in [-0.1, -0.05) is 0 Å². The first-order chi connectivity index (χ1) is 6.05. The van der Waals surface area contributed by atoms with E-state index < -0.39 is 5.92 Å². The molecule has 0 unspecified atom stereocenters. The molecule has 0 aromatic rings. The lowest BCUT2D eigenvalue weighted by molar-refractivity contribution is -0.136. The molecule has 3 nitrogen and oxygen atoms in total. The lowest BCUT2D eigenvalue weighted by Crippen LogP contribution is -2.45. The highest BCUT2D eigenvalue weighted by atomic mass is 19.3. The van der Waals surface area contributed by atoms with Crippen LogP contribution >= 0.6 is 0 Å². The average Bonchev–Trinajstić information content (AvgIpc) is 2.04. The average molecular weight is 192 g/mol. The standard InChI is InChI=1S/C8H14F2N2O/c1-11-6-7(13)12-4-2-8(9,10)3-5-12/h11H,2-6H2,1H3. The minimum atomic E-state index is -2.57. The van der Waals surface area contributed by atoms with Gasteiger partial charge in [0.15, 0.2) is 0 Å². The second-order valence-corrected chi connectivity index (χ2v) is 3.27. The third-order valence-electron chi connectivity index (χ3n) is 2.18. The van der Waals surface area contributed by atoms with Crippen molar-refractivity contribution in [3.05, 3.63) is 0 Å². The summed E-state index contributed by atoms with van der Waals surface area (Å²) in [6.45, 7) is 0.576. The van der Waals surface area contributed by atoms with Crippen molar-refractivity contribution in [3.8, 4) is 0 Å². The molecule has 13 heavy (non-hydrogen) atoms. The summed E-state index contributed by atoms with van der Waals surface area (Å²) < 4.78 is 25.3. The molecule has 1 rings (SSSR count). The number of rotatable bonds is 2. The molecule has 1 saturated heterocycles. The normalized spacial score (nSPS) is 21.6. The molecule has 5 heteroatoms. The highest BCUT2D eigenvalue weighted by Crippen LogP contribution is 2.27. The fraction of sp³-hybridized carbons (Fsp3) is 0.875. The van der Waals surface area contributed by atoms with Crippen LogP contribution in [0.1, 0.15) is 12.8 Å². The van der Waals surface area contributed by atoms with Crippen LogP contribution in [0.2, 0.25) is 0 Å². The SMILES string of the molecule is CNCC(=O)N1CCC(F)(F)CC1. The van der Waals surface area contributed by atoms with Crippen LogP contribution < -0.4 is 5.32 Å². The van der Waals surface area contributed by atoms with Gasteiger partial charge in [0.1, 0.15) is 0 Å². The van der Waals surface area contributed by atoms with E-state index in [0.717, 1.165) is 0 Å². The van der Waals surface area contributed by atoms with Crippen LogP contribution in [0.4, 0.5) is 8.78 Å². The van der Waals surface area contributed by atoms with E-state index in [2.05, 4.69) is 5.32 Å². The van der Waals surface area contributed by atoms with E-state index in [9.17, 15) is 13.6 Å². The number of nitrogens with one attached hydrogen (secondary N) is 1.